The number of amides is 1. The molecule has 4 nitrogen and oxygen atoms in total. The number of halogens is 1. The highest BCUT2D eigenvalue weighted by molar-refractivity contribution is 5.85. The number of hydrogen-bond acceptors (Lipinski definition) is 3. The Hall–Kier alpha value is -0.320. The molecule has 0 aliphatic carbocycles. The van der Waals surface area contributed by atoms with Crippen LogP contribution in [-0.2, 0) is 4.79 Å². The van der Waals surface area contributed by atoms with Gasteiger partial charge in [0.25, 0.3) is 0 Å². The summed E-state index contributed by atoms with van der Waals surface area (Å²) >= 11 is 0. The maximum Gasteiger partial charge on any atom is 0.223 e. The summed E-state index contributed by atoms with van der Waals surface area (Å²) < 4.78 is 0. The zero-order chi connectivity index (χ0) is 12.0. The predicted octanol–water partition coefficient (Wildman–Crippen LogP) is 1.07. The average Bonchev–Trinajstić information content (AvgIpc) is 2.28. The number of carbonyl (C=O) groups is 1. The quantitative estimate of drug-likeness (QED) is 0.696. The summed E-state index contributed by atoms with van der Waals surface area (Å²) in [5, 5.41) is 15.2. The maximum atomic E-state index is 12.0. The molecule has 17 heavy (non-hydrogen) atoms. The zero-order valence-corrected chi connectivity index (χ0v) is 11.6. The molecule has 1 fully saturated rings. The lowest BCUT2D eigenvalue weighted by atomic mass is 9.92. The Labute approximate surface area is 110 Å². The fraction of sp³-hybridized carbons (Fsp3) is 0.917. The number of nitrogens with one attached hydrogen (secondary N) is 2. The van der Waals surface area contributed by atoms with Crippen molar-refractivity contribution < 1.29 is 9.90 Å². The molecule has 1 saturated heterocycles. The summed E-state index contributed by atoms with van der Waals surface area (Å²) in [4.78, 5) is 12.0. The second kappa shape index (κ2) is 8.72. The van der Waals surface area contributed by atoms with Crippen molar-refractivity contribution in [2.75, 3.05) is 13.2 Å². The van der Waals surface area contributed by atoms with E-state index in [1.54, 1.807) is 0 Å². The third kappa shape index (κ3) is 5.70. The lowest BCUT2D eigenvalue weighted by molar-refractivity contribution is -0.126. The van der Waals surface area contributed by atoms with Gasteiger partial charge in [-0.2, -0.15) is 0 Å². The minimum absolute atomic E-state index is 0. The van der Waals surface area contributed by atoms with Gasteiger partial charge in [0.2, 0.25) is 5.91 Å². The molecule has 3 atom stereocenters. The SMILES string of the molecule is CCC(CCO)NC(=O)[C@H]1CCN[C@@H](C)C1.Cl. The first-order valence-electron chi connectivity index (χ1n) is 6.32. The zero-order valence-electron chi connectivity index (χ0n) is 10.7. The molecule has 1 unspecified atom stereocenters. The molecule has 5 heteroatoms. The van der Waals surface area contributed by atoms with Crippen molar-refractivity contribution in [1.82, 2.24) is 10.6 Å². The fourth-order valence-corrected chi connectivity index (χ4v) is 2.22. The number of piperidine rings is 1. The van der Waals surface area contributed by atoms with Crippen LogP contribution in [0.3, 0.4) is 0 Å². The van der Waals surface area contributed by atoms with Crippen LogP contribution in [0.15, 0.2) is 0 Å². The molecule has 1 heterocycles. The molecule has 0 aromatic rings. The van der Waals surface area contributed by atoms with E-state index in [9.17, 15) is 4.79 Å². The molecule has 102 valence electrons. The number of hydrogen-bond donors (Lipinski definition) is 3. The van der Waals surface area contributed by atoms with E-state index in [1.807, 2.05) is 6.92 Å². The third-order valence-electron chi connectivity index (χ3n) is 3.31. The molecule has 1 amide bonds. The molecular weight excluding hydrogens is 240 g/mol. The van der Waals surface area contributed by atoms with Crippen molar-refractivity contribution in [2.45, 2.75) is 51.6 Å². The van der Waals surface area contributed by atoms with Crippen molar-refractivity contribution >= 4 is 18.3 Å². The molecule has 1 aliphatic heterocycles. The van der Waals surface area contributed by atoms with Crippen molar-refractivity contribution in [1.29, 1.82) is 0 Å². The van der Waals surface area contributed by atoms with Crippen molar-refractivity contribution in [2.24, 2.45) is 5.92 Å². The van der Waals surface area contributed by atoms with Crippen LogP contribution in [0.4, 0.5) is 0 Å². The van der Waals surface area contributed by atoms with Gasteiger partial charge in [-0.15, -0.1) is 12.4 Å². The Morgan fingerprint density at radius 1 is 1.59 bits per heavy atom. The van der Waals surface area contributed by atoms with E-state index in [-0.39, 0.29) is 36.9 Å². The van der Waals surface area contributed by atoms with E-state index >= 15 is 0 Å². The summed E-state index contributed by atoms with van der Waals surface area (Å²) in [5.74, 6) is 0.303. The predicted molar refractivity (Wildman–Crippen MR) is 71.4 cm³/mol. The second-order valence-corrected chi connectivity index (χ2v) is 4.70. The Morgan fingerprint density at radius 2 is 2.29 bits per heavy atom. The lowest BCUT2D eigenvalue weighted by Crippen LogP contribution is -2.45. The molecular formula is C12H25ClN2O2. The standard InChI is InChI=1S/C12H24N2O2.ClH/c1-3-11(5-7-15)14-12(16)10-4-6-13-9(2)8-10;/h9-11,13,15H,3-8H2,1-2H3,(H,14,16);1H/t9-,10-,11?;/m0./s1. The minimum atomic E-state index is 0. The number of aliphatic hydroxyl groups excluding tert-OH is 1. The van der Waals surface area contributed by atoms with Gasteiger partial charge in [0, 0.05) is 24.6 Å². The van der Waals surface area contributed by atoms with Gasteiger partial charge in [-0.05, 0) is 39.2 Å². The highest BCUT2D eigenvalue weighted by atomic mass is 35.5. The number of aliphatic hydroxyl groups is 1. The fourth-order valence-electron chi connectivity index (χ4n) is 2.22. The van der Waals surface area contributed by atoms with Gasteiger partial charge < -0.3 is 15.7 Å². The van der Waals surface area contributed by atoms with Crippen LogP contribution in [-0.4, -0.2) is 36.2 Å². The second-order valence-electron chi connectivity index (χ2n) is 4.70. The Balaban J connectivity index is 0.00000256. The van der Waals surface area contributed by atoms with Crippen LogP contribution in [0, 0.1) is 5.92 Å². The average molecular weight is 265 g/mol. The smallest absolute Gasteiger partial charge is 0.223 e. The van der Waals surface area contributed by atoms with Crippen molar-refractivity contribution in [3.05, 3.63) is 0 Å². The van der Waals surface area contributed by atoms with Gasteiger partial charge in [-0.3, -0.25) is 4.79 Å². The van der Waals surface area contributed by atoms with Crippen LogP contribution < -0.4 is 10.6 Å². The topological polar surface area (TPSA) is 61.4 Å². The first kappa shape index (κ1) is 16.7. The summed E-state index contributed by atoms with van der Waals surface area (Å²) in [6.45, 7) is 5.22. The molecule has 0 radical (unpaired) electrons. The monoisotopic (exact) mass is 264 g/mol. The van der Waals surface area contributed by atoms with E-state index in [0.717, 1.165) is 25.8 Å². The van der Waals surface area contributed by atoms with E-state index < -0.39 is 0 Å². The van der Waals surface area contributed by atoms with Crippen LogP contribution in [0.1, 0.15) is 39.5 Å². The van der Waals surface area contributed by atoms with Gasteiger partial charge >= 0.3 is 0 Å². The van der Waals surface area contributed by atoms with Crippen molar-refractivity contribution in [3.63, 3.8) is 0 Å². The molecule has 0 aromatic heterocycles. The molecule has 0 bridgehead atoms. The van der Waals surface area contributed by atoms with Crippen LogP contribution in [0.25, 0.3) is 0 Å². The Kier molecular flexibility index (Phi) is 8.56. The van der Waals surface area contributed by atoms with Gasteiger partial charge in [0.05, 0.1) is 0 Å². The Bertz CT molecular complexity index is 227. The lowest BCUT2D eigenvalue weighted by Gasteiger charge is -2.28. The largest absolute Gasteiger partial charge is 0.396 e. The van der Waals surface area contributed by atoms with E-state index in [4.69, 9.17) is 5.11 Å². The highest BCUT2D eigenvalue weighted by Gasteiger charge is 2.25. The molecule has 1 rings (SSSR count). The van der Waals surface area contributed by atoms with E-state index in [1.165, 1.54) is 0 Å². The molecule has 0 aromatic carbocycles. The first-order valence-corrected chi connectivity index (χ1v) is 6.32. The van der Waals surface area contributed by atoms with Crippen molar-refractivity contribution in [3.8, 4) is 0 Å². The van der Waals surface area contributed by atoms with Gasteiger partial charge in [0.15, 0.2) is 0 Å². The number of rotatable bonds is 5. The third-order valence-corrected chi connectivity index (χ3v) is 3.31. The summed E-state index contributed by atoms with van der Waals surface area (Å²) in [7, 11) is 0. The van der Waals surface area contributed by atoms with E-state index in [2.05, 4.69) is 17.6 Å². The normalized spacial score (nSPS) is 25.8. The van der Waals surface area contributed by atoms with Gasteiger partial charge in [-0.25, -0.2) is 0 Å². The molecule has 1 aliphatic rings. The van der Waals surface area contributed by atoms with Crippen LogP contribution in [0.5, 0.6) is 0 Å². The molecule has 0 spiro atoms. The molecule has 0 saturated carbocycles. The maximum absolute atomic E-state index is 12.0. The van der Waals surface area contributed by atoms with Crippen LogP contribution in [0.2, 0.25) is 0 Å². The summed E-state index contributed by atoms with van der Waals surface area (Å²) in [6.07, 6.45) is 3.38. The number of carbonyl (C=O) groups excluding carboxylic acids is 1. The minimum Gasteiger partial charge on any atom is -0.396 e. The van der Waals surface area contributed by atoms with E-state index in [0.29, 0.717) is 12.5 Å². The van der Waals surface area contributed by atoms with Gasteiger partial charge in [-0.1, -0.05) is 6.92 Å². The molecule has 3 N–H and O–H groups in total. The van der Waals surface area contributed by atoms with Crippen LogP contribution >= 0.6 is 12.4 Å². The Morgan fingerprint density at radius 3 is 2.82 bits per heavy atom. The summed E-state index contributed by atoms with van der Waals surface area (Å²) in [5.41, 5.74) is 0. The first-order chi connectivity index (χ1) is 7.67. The van der Waals surface area contributed by atoms with Gasteiger partial charge in [0.1, 0.15) is 0 Å². The highest BCUT2D eigenvalue weighted by Crippen LogP contribution is 2.16. The summed E-state index contributed by atoms with van der Waals surface area (Å²) in [6, 6.07) is 0.560.